The maximum Gasteiger partial charge on any atom is 0.234 e. The number of hydrogen-bond donors (Lipinski definition) is 2. The van der Waals surface area contributed by atoms with Crippen molar-refractivity contribution in [3.63, 3.8) is 0 Å². The number of nitrogens with one attached hydrogen (secondary N) is 1. The van der Waals surface area contributed by atoms with Gasteiger partial charge >= 0.3 is 0 Å². The van der Waals surface area contributed by atoms with Crippen molar-refractivity contribution in [2.45, 2.75) is 6.42 Å². The van der Waals surface area contributed by atoms with Crippen LogP contribution in [0.4, 0.5) is 0 Å². The van der Waals surface area contributed by atoms with E-state index in [1.807, 2.05) is 24.3 Å². The number of carbonyl (C=O) groups excluding carboxylic acids is 1. The van der Waals surface area contributed by atoms with Crippen LogP contribution >= 0.6 is 0 Å². The minimum absolute atomic E-state index is 0.0760. The molecule has 1 aliphatic rings. The van der Waals surface area contributed by atoms with Crippen LogP contribution in [0, 0.1) is 11.8 Å². The first-order valence-electron chi connectivity index (χ1n) is 7.09. The summed E-state index contributed by atoms with van der Waals surface area (Å²) in [5, 5.41) is 11.5. The molecule has 0 bridgehead atoms. The Balaban J connectivity index is 1.73. The SMILES string of the molecule is O=C1CN(CCOc2ccc(C#CCCO)cc2)CCN1. The highest BCUT2D eigenvalue weighted by atomic mass is 16.5. The fourth-order valence-electron chi connectivity index (χ4n) is 2.03. The minimum Gasteiger partial charge on any atom is -0.492 e. The van der Waals surface area contributed by atoms with E-state index in [2.05, 4.69) is 22.1 Å². The monoisotopic (exact) mass is 288 g/mol. The van der Waals surface area contributed by atoms with Crippen molar-refractivity contribution in [3.8, 4) is 17.6 Å². The zero-order valence-corrected chi connectivity index (χ0v) is 12.0. The van der Waals surface area contributed by atoms with Crippen LogP contribution in [0.15, 0.2) is 24.3 Å². The van der Waals surface area contributed by atoms with E-state index in [0.29, 0.717) is 26.1 Å². The predicted octanol–water partition coefficient (Wildman–Crippen LogP) is 0.231. The van der Waals surface area contributed by atoms with Crippen LogP contribution in [0.2, 0.25) is 0 Å². The van der Waals surface area contributed by atoms with Gasteiger partial charge < -0.3 is 15.2 Å². The maximum absolute atomic E-state index is 11.2. The van der Waals surface area contributed by atoms with E-state index in [-0.39, 0.29) is 12.5 Å². The molecule has 0 saturated carbocycles. The van der Waals surface area contributed by atoms with E-state index in [1.54, 1.807) is 0 Å². The smallest absolute Gasteiger partial charge is 0.234 e. The molecule has 112 valence electrons. The van der Waals surface area contributed by atoms with Gasteiger partial charge in [0.1, 0.15) is 12.4 Å². The lowest BCUT2D eigenvalue weighted by Crippen LogP contribution is -2.48. The van der Waals surface area contributed by atoms with Crippen molar-refractivity contribution < 1.29 is 14.6 Å². The van der Waals surface area contributed by atoms with E-state index in [4.69, 9.17) is 9.84 Å². The molecular weight excluding hydrogens is 268 g/mol. The molecule has 5 heteroatoms. The molecule has 1 fully saturated rings. The lowest BCUT2D eigenvalue weighted by molar-refractivity contribution is -0.124. The first-order chi connectivity index (χ1) is 10.3. The van der Waals surface area contributed by atoms with Crippen LogP contribution < -0.4 is 10.1 Å². The lowest BCUT2D eigenvalue weighted by atomic mass is 10.2. The zero-order valence-electron chi connectivity index (χ0n) is 12.0. The maximum atomic E-state index is 11.2. The molecule has 2 N–H and O–H groups in total. The summed E-state index contributed by atoms with van der Waals surface area (Å²) in [4.78, 5) is 13.3. The Bertz CT molecular complexity index is 517. The number of rotatable bonds is 5. The van der Waals surface area contributed by atoms with E-state index < -0.39 is 0 Å². The van der Waals surface area contributed by atoms with Crippen LogP contribution in [0.3, 0.4) is 0 Å². The molecule has 5 nitrogen and oxygen atoms in total. The molecule has 0 aromatic heterocycles. The highest BCUT2D eigenvalue weighted by molar-refractivity contribution is 5.78. The van der Waals surface area contributed by atoms with Crippen LogP contribution in [0.1, 0.15) is 12.0 Å². The number of hydrogen-bond acceptors (Lipinski definition) is 4. The first kappa shape index (κ1) is 15.4. The molecule has 1 aliphatic heterocycles. The van der Waals surface area contributed by atoms with Crippen molar-refractivity contribution in [1.82, 2.24) is 10.2 Å². The summed E-state index contributed by atoms with van der Waals surface area (Å²) in [6, 6.07) is 7.56. The summed E-state index contributed by atoms with van der Waals surface area (Å²) in [7, 11) is 0. The number of aliphatic hydroxyl groups is 1. The molecule has 0 spiro atoms. The molecular formula is C16H20N2O3. The number of piperazine rings is 1. The normalized spacial score (nSPS) is 15.0. The fourth-order valence-corrected chi connectivity index (χ4v) is 2.03. The number of amides is 1. The molecule has 2 rings (SSSR count). The van der Waals surface area contributed by atoms with Gasteiger partial charge in [0.2, 0.25) is 5.91 Å². The second-order valence-corrected chi connectivity index (χ2v) is 4.77. The third-order valence-electron chi connectivity index (χ3n) is 3.12. The van der Waals surface area contributed by atoms with E-state index in [1.165, 1.54) is 0 Å². The molecule has 1 saturated heterocycles. The van der Waals surface area contributed by atoms with Crippen molar-refractivity contribution in [3.05, 3.63) is 29.8 Å². The molecule has 1 heterocycles. The van der Waals surface area contributed by atoms with Crippen LogP contribution in [0.25, 0.3) is 0 Å². The standard InChI is InChI=1S/C16H20N2O3/c19-11-2-1-3-14-4-6-15(7-5-14)21-12-10-18-9-8-17-16(20)13-18/h4-7,19H,2,8-13H2,(H,17,20). The Hall–Kier alpha value is -2.03. The Labute approximate surface area is 124 Å². The zero-order chi connectivity index (χ0) is 14.9. The summed E-state index contributed by atoms with van der Waals surface area (Å²) < 4.78 is 5.66. The van der Waals surface area contributed by atoms with Crippen LogP contribution in [0.5, 0.6) is 5.75 Å². The third kappa shape index (κ3) is 5.46. The molecule has 21 heavy (non-hydrogen) atoms. The molecule has 1 aromatic carbocycles. The van der Waals surface area contributed by atoms with Crippen molar-refractivity contribution in [2.75, 3.05) is 39.4 Å². The van der Waals surface area contributed by atoms with E-state index in [9.17, 15) is 4.79 Å². The average molecular weight is 288 g/mol. The van der Waals surface area contributed by atoms with Gasteiger partial charge in [-0.3, -0.25) is 9.69 Å². The molecule has 0 radical (unpaired) electrons. The summed E-state index contributed by atoms with van der Waals surface area (Å²) in [5.41, 5.74) is 0.906. The third-order valence-corrected chi connectivity index (χ3v) is 3.12. The largest absolute Gasteiger partial charge is 0.492 e. The van der Waals surface area contributed by atoms with Gasteiger partial charge in [-0.1, -0.05) is 11.8 Å². The van der Waals surface area contributed by atoms with Gasteiger partial charge in [-0.15, -0.1) is 0 Å². The summed E-state index contributed by atoms with van der Waals surface area (Å²) in [6.07, 6.45) is 0.488. The molecule has 1 aromatic rings. The first-order valence-corrected chi connectivity index (χ1v) is 7.09. The van der Waals surface area contributed by atoms with Gasteiger partial charge in [-0.25, -0.2) is 0 Å². The number of nitrogens with zero attached hydrogens (tertiary/aromatic N) is 1. The molecule has 0 unspecified atom stereocenters. The second kappa shape index (κ2) is 8.30. The number of aliphatic hydroxyl groups excluding tert-OH is 1. The van der Waals surface area contributed by atoms with Gasteiger partial charge in [-0.2, -0.15) is 0 Å². The fraction of sp³-hybridized carbons (Fsp3) is 0.438. The summed E-state index contributed by atoms with van der Waals surface area (Å²) >= 11 is 0. The number of carbonyl (C=O) groups is 1. The Morgan fingerprint density at radius 2 is 2.14 bits per heavy atom. The average Bonchev–Trinajstić information content (AvgIpc) is 2.49. The van der Waals surface area contributed by atoms with Crippen molar-refractivity contribution in [1.29, 1.82) is 0 Å². The number of benzene rings is 1. The van der Waals surface area contributed by atoms with Gasteiger partial charge in [0.05, 0.1) is 13.2 Å². The molecule has 1 amide bonds. The Morgan fingerprint density at radius 3 is 2.86 bits per heavy atom. The lowest BCUT2D eigenvalue weighted by Gasteiger charge is -2.26. The van der Waals surface area contributed by atoms with Crippen molar-refractivity contribution >= 4 is 5.91 Å². The molecule has 0 aliphatic carbocycles. The van der Waals surface area contributed by atoms with E-state index in [0.717, 1.165) is 24.4 Å². The van der Waals surface area contributed by atoms with Gasteiger partial charge in [0, 0.05) is 31.6 Å². The highest BCUT2D eigenvalue weighted by Crippen LogP contribution is 2.11. The predicted molar refractivity (Wildman–Crippen MR) is 80.0 cm³/mol. The summed E-state index contributed by atoms with van der Waals surface area (Å²) in [6.45, 7) is 3.41. The highest BCUT2D eigenvalue weighted by Gasteiger charge is 2.15. The molecule has 0 atom stereocenters. The summed E-state index contributed by atoms with van der Waals surface area (Å²) in [5.74, 6) is 6.71. The van der Waals surface area contributed by atoms with Crippen molar-refractivity contribution in [2.24, 2.45) is 0 Å². The number of ether oxygens (including phenoxy) is 1. The van der Waals surface area contributed by atoms with Gasteiger partial charge in [0.15, 0.2) is 0 Å². The Morgan fingerprint density at radius 1 is 1.33 bits per heavy atom. The quantitative estimate of drug-likeness (QED) is 0.762. The van der Waals surface area contributed by atoms with Crippen LogP contribution in [-0.4, -0.2) is 55.3 Å². The van der Waals surface area contributed by atoms with Gasteiger partial charge in [-0.05, 0) is 24.3 Å². The van der Waals surface area contributed by atoms with Crippen LogP contribution in [-0.2, 0) is 4.79 Å². The van der Waals surface area contributed by atoms with E-state index >= 15 is 0 Å². The topological polar surface area (TPSA) is 61.8 Å². The minimum atomic E-state index is 0.0760. The van der Waals surface area contributed by atoms with Gasteiger partial charge in [0.25, 0.3) is 0 Å². The second-order valence-electron chi connectivity index (χ2n) is 4.77. The Kier molecular flexibility index (Phi) is 6.07.